The summed E-state index contributed by atoms with van der Waals surface area (Å²) in [7, 11) is 0. The van der Waals surface area contributed by atoms with Gasteiger partial charge in [0.25, 0.3) is 0 Å². The van der Waals surface area contributed by atoms with Gasteiger partial charge in [0.15, 0.2) is 10.9 Å². The van der Waals surface area contributed by atoms with E-state index in [1.165, 1.54) is 37.5 Å². The van der Waals surface area contributed by atoms with E-state index < -0.39 is 0 Å². The highest BCUT2D eigenvalue weighted by Crippen LogP contribution is 2.48. The van der Waals surface area contributed by atoms with Gasteiger partial charge in [-0.1, -0.05) is 17.8 Å². The minimum atomic E-state index is 0.00965. The van der Waals surface area contributed by atoms with E-state index in [9.17, 15) is 9.59 Å². The smallest absolute Gasteiger partial charge is 0.229 e. The number of amides is 1. The number of hydrogen-bond donors (Lipinski definition) is 1. The molecular weight excluding hydrogens is 260 g/mol. The van der Waals surface area contributed by atoms with E-state index in [0.717, 1.165) is 12.3 Å². The van der Waals surface area contributed by atoms with Gasteiger partial charge in [0, 0.05) is 12.8 Å². The second kappa shape index (κ2) is 4.71. The van der Waals surface area contributed by atoms with Crippen molar-refractivity contribution in [3.63, 3.8) is 0 Å². The Kier molecular flexibility index (Phi) is 3.17. The van der Waals surface area contributed by atoms with E-state index in [1.54, 1.807) is 6.92 Å². The van der Waals surface area contributed by atoms with Gasteiger partial charge in [-0.3, -0.25) is 9.59 Å². The number of anilines is 1. The average Bonchev–Trinajstić information content (AvgIpc) is 3.03. The predicted molar refractivity (Wildman–Crippen MR) is 74.4 cm³/mol. The van der Waals surface area contributed by atoms with Crippen molar-refractivity contribution >= 4 is 28.2 Å². The van der Waals surface area contributed by atoms with Crippen molar-refractivity contribution in [1.29, 1.82) is 0 Å². The van der Waals surface area contributed by atoms with E-state index in [-0.39, 0.29) is 17.6 Å². The van der Waals surface area contributed by atoms with Crippen LogP contribution < -0.4 is 5.32 Å². The van der Waals surface area contributed by atoms with Crippen molar-refractivity contribution in [2.75, 3.05) is 5.32 Å². The highest BCUT2D eigenvalue weighted by atomic mass is 32.1. The summed E-state index contributed by atoms with van der Waals surface area (Å²) in [5.41, 5.74) is 0.709. The number of aryl methyl sites for hydroxylation is 1. The third kappa shape index (κ3) is 2.31. The number of aromatic nitrogens is 1. The molecule has 3 atom stereocenters. The molecule has 0 radical (unpaired) electrons. The number of rotatable bonds is 3. The largest absolute Gasteiger partial charge is 0.302 e. The molecule has 2 saturated carbocycles. The molecule has 102 valence electrons. The Balaban J connectivity index is 1.70. The number of ketones is 1. The minimum Gasteiger partial charge on any atom is -0.302 e. The standard InChI is InChI=1S/C14H18N2O2S/c1-7-12(8(2)17)19-14(15-7)16-13(18)11-6-9-3-4-10(11)5-9/h9-11H,3-6H2,1-2H3,(H,15,16,18). The summed E-state index contributed by atoms with van der Waals surface area (Å²) in [6.45, 7) is 3.34. The molecule has 19 heavy (non-hydrogen) atoms. The highest BCUT2D eigenvalue weighted by molar-refractivity contribution is 7.17. The number of nitrogens with one attached hydrogen (secondary N) is 1. The Morgan fingerprint density at radius 3 is 2.63 bits per heavy atom. The van der Waals surface area contributed by atoms with Crippen molar-refractivity contribution in [3.05, 3.63) is 10.6 Å². The normalized spacial score (nSPS) is 28.6. The Morgan fingerprint density at radius 1 is 1.32 bits per heavy atom. The van der Waals surface area contributed by atoms with Gasteiger partial charge < -0.3 is 5.32 Å². The molecule has 2 fully saturated rings. The molecule has 2 bridgehead atoms. The molecule has 1 N–H and O–H groups in total. The molecule has 2 aliphatic rings. The second-order valence-electron chi connectivity index (χ2n) is 5.76. The quantitative estimate of drug-likeness (QED) is 0.865. The van der Waals surface area contributed by atoms with Gasteiger partial charge in [0.1, 0.15) is 0 Å². The number of carbonyl (C=O) groups is 2. The van der Waals surface area contributed by atoms with E-state index in [4.69, 9.17) is 0 Å². The minimum absolute atomic E-state index is 0.00965. The molecule has 5 heteroatoms. The lowest BCUT2D eigenvalue weighted by Crippen LogP contribution is -2.27. The van der Waals surface area contributed by atoms with Crippen LogP contribution in [0.5, 0.6) is 0 Å². The first-order valence-electron chi connectivity index (χ1n) is 6.84. The molecule has 2 aliphatic carbocycles. The van der Waals surface area contributed by atoms with Gasteiger partial charge in [-0.15, -0.1) is 0 Å². The molecule has 1 amide bonds. The molecule has 3 unspecified atom stereocenters. The van der Waals surface area contributed by atoms with Crippen LogP contribution >= 0.6 is 11.3 Å². The number of Topliss-reactive ketones (excluding diaryl/α,β-unsaturated/α-hetero) is 1. The Hall–Kier alpha value is -1.23. The van der Waals surface area contributed by atoms with E-state index in [2.05, 4.69) is 10.3 Å². The third-order valence-electron chi connectivity index (χ3n) is 4.42. The van der Waals surface area contributed by atoms with Crippen LogP contribution in [0, 0.1) is 24.7 Å². The molecule has 0 saturated heterocycles. The number of hydrogen-bond acceptors (Lipinski definition) is 4. The molecule has 1 aromatic rings. The molecular formula is C14H18N2O2S. The second-order valence-corrected chi connectivity index (χ2v) is 6.76. The SMILES string of the molecule is CC(=O)c1sc(NC(=O)C2CC3CCC2C3)nc1C. The summed E-state index contributed by atoms with van der Waals surface area (Å²) < 4.78 is 0. The number of thiazole rings is 1. The van der Waals surface area contributed by atoms with Crippen LogP contribution in [0.1, 0.15) is 48.0 Å². The summed E-state index contributed by atoms with van der Waals surface area (Å²) in [6.07, 6.45) is 4.73. The molecule has 3 rings (SSSR count). The highest BCUT2D eigenvalue weighted by Gasteiger charge is 2.43. The summed E-state index contributed by atoms with van der Waals surface area (Å²) in [5, 5.41) is 3.47. The van der Waals surface area contributed by atoms with Crippen LogP contribution in [0.3, 0.4) is 0 Å². The fourth-order valence-electron chi connectivity index (χ4n) is 3.54. The van der Waals surface area contributed by atoms with Gasteiger partial charge in [-0.25, -0.2) is 4.98 Å². The molecule has 0 spiro atoms. The monoisotopic (exact) mass is 278 g/mol. The summed E-state index contributed by atoms with van der Waals surface area (Å²) in [5.74, 6) is 1.58. The van der Waals surface area contributed by atoms with Crippen LogP contribution in [0.15, 0.2) is 0 Å². The van der Waals surface area contributed by atoms with Gasteiger partial charge in [0.2, 0.25) is 5.91 Å². The van der Waals surface area contributed by atoms with Gasteiger partial charge in [0.05, 0.1) is 10.6 Å². The van der Waals surface area contributed by atoms with E-state index in [1.807, 2.05) is 0 Å². The molecule has 0 aromatic carbocycles. The Bertz CT molecular complexity index is 538. The third-order valence-corrected chi connectivity index (χ3v) is 5.60. The number of nitrogens with zero attached hydrogens (tertiary/aromatic N) is 1. The van der Waals surface area contributed by atoms with Crippen LogP contribution in [0.25, 0.3) is 0 Å². The van der Waals surface area contributed by atoms with Crippen LogP contribution in [0.2, 0.25) is 0 Å². The first-order valence-corrected chi connectivity index (χ1v) is 7.65. The zero-order valence-corrected chi connectivity index (χ0v) is 12.0. The van der Waals surface area contributed by atoms with Crippen molar-refractivity contribution in [1.82, 2.24) is 4.98 Å². The topological polar surface area (TPSA) is 59.1 Å². The Labute approximate surface area is 116 Å². The Morgan fingerprint density at radius 2 is 2.11 bits per heavy atom. The lowest BCUT2D eigenvalue weighted by Gasteiger charge is -2.19. The lowest BCUT2D eigenvalue weighted by atomic mass is 9.88. The van der Waals surface area contributed by atoms with Crippen LogP contribution in [-0.2, 0) is 4.79 Å². The van der Waals surface area contributed by atoms with E-state index >= 15 is 0 Å². The maximum absolute atomic E-state index is 12.3. The molecule has 4 nitrogen and oxygen atoms in total. The fourth-order valence-corrected chi connectivity index (χ4v) is 4.41. The van der Waals surface area contributed by atoms with Crippen molar-refractivity contribution < 1.29 is 9.59 Å². The molecule has 1 aromatic heterocycles. The first kappa shape index (κ1) is 12.8. The van der Waals surface area contributed by atoms with Gasteiger partial charge in [-0.05, 0) is 38.0 Å². The van der Waals surface area contributed by atoms with E-state index in [0.29, 0.717) is 21.6 Å². The maximum atomic E-state index is 12.3. The van der Waals surface area contributed by atoms with Crippen LogP contribution in [-0.4, -0.2) is 16.7 Å². The summed E-state index contributed by atoms with van der Waals surface area (Å²) in [4.78, 5) is 28.6. The molecule has 0 aliphatic heterocycles. The van der Waals surface area contributed by atoms with Crippen molar-refractivity contribution in [3.8, 4) is 0 Å². The van der Waals surface area contributed by atoms with Crippen molar-refractivity contribution in [2.45, 2.75) is 39.5 Å². The lowest BCUT2D eigenvalue weighted by molar-refractivity contribution is -0.121. The summed E-state index contributed by atoms with van der Waals surface area (Å²) >= 11 is 1.28. The average molecular weight is 278 g/mol. The van der Waals surface area contributed by atoms with Gasteiger partial charge >= 0.3 is 0 Å². The van der Waals surface area contributed by atoms with Gasteiger partial charge in [-0.2, -0.15) is 0 Å². The fraction of sp³-hybridized carbons (Fsp3) is 0.643. The zero-order chi connectivity index (χ0) is 13.6. The van der Waals surface area contributed by atoms with Crippen molar-refractivity contribution in [2.24, 2.45) is 17.8 Å². The molecule has 1 heterocycles. The predicted octanol–water partition coefficient (Wildman–Crippen LogP) is 3.03. The van der Waals surface area contributed by atoms with Crippen LogP contribution in [0.4, 0.5) is 5.13 Å². The number of carbonyl (C=O) groups excluding carboxylic acids is 2. The zero-order valence-electron chi connectivity index (χ0n) is 11.2. The first-order chi connectivity index (χ1) is 9.04. The summed E-state index contributed by atoms with van der Waals surface area (Å²) in [6, 6.07) is 0. The maximum Gasteiger partial charge on any atom is 0.229 e. The number of fused-ring (bicyclic) bond motifs is 2.